The van der Waals surface area contributed by atoms with Crippen molar-refractivity contribution in [1.82, 2.24) is 20.2 Å². The number of aliphatic hydroxyl groups excluding tert-OH is 1. The van der Waals surface area contributed by atoms with Crippen molar-refractivity contribution in [1.29, 1.82) is 0 Å². The van der Waals surface area contributed by atoms with Crippen molar-refractivity contribution < 1.29 is 28.6 Å². The van der Waals surface area contributed by atoms with Crippen LogP contribution >= 0.6 is 0 Å². The zero-order valence-electron chi connectivity index (χ0n) is 23.1. The van der Waals surface area contributed by atoms with Gasteiger partial charge in [0.1, 0.15) is 23.1 Å². The molecule has 1 atom stereocenters. The molecule has 3 heterocycles. The summed E-state index contributed by atoms with van der Waals surface area (Å²) in [5.74, 6) is -0.00328. The molecule has 43 heavy (non-hydrogen) atoms. The summed E-state index contributed by atoms with van der Waals surface area (Å²) in [5, 5.41) is 12.2. The Morgan fingerprint density at radius 3 is 2.60 bits per heavy atom. The van der Waals surface area contributed by atoms with Crippen molar-refractivity contribution in [2.75, 3.05) is 19.6 Å². The fourth-order valence-corrected chi connectivity index (χ4v) is 4.79. The maximum absolute atomic E-state index is 14.0. The van der Waals surface area contributed by atoms with Crippen LogP contribution in [0.5, 0.6) is 11.5 Å². The summed E-state index contributed by atoms with van der Waals surface area (Å²) in [5.41, 5.74) is 3.61. The van der Waals surface area contributed by atoms with Crippen LogP contribution in [-0.2, 0) is 22.4 Å². The number of nitrogens with zero attached hydrogens (tertiary/aromatic N) is 2. The standard InChI is InChI=1S/C32H31FN4O5.CH4/c1-20-2-7-28(33)22(12-20)14-25(39)13-21-3-5-26(6-4-21)42-27-8-10-34-30(16-27)29-15-23(17-35-29)32(41)36-18-31(40)37-11-9-24(38)19-37;/h2-8,10,12,15-17,24,35,38H,9,11,13-14,18-19H2,1H3,(H,36,41);1H4/t24-;/m0./s1. The number of rotatable bonds is 10. The number of ketones is 1. The molecular weight excluding hydrogens is 551 g/mol. The predicted molar refractivity (Wildman–Crippen MR) is 160 cm³/mol. The van der Waals surface area contributed by atoms with Gasteiger partial charge in [-0.2, -0.15) is 0 Å². The van der Waals surface area contributed by atoms with Gasteiger partial charge in [0, 0.05) is 44.4 Å². The Labute approximate surface area is 249 Å². The molecule has 1 saturated heterocycles. The van der Waals surface area contributed by atoms with Crippen LogP contribution in [0.2, 0.25) is 0 Å². The predicted octanol–water partition coefficient (Wildman–Crippen LogP) is 4.63. The summed E-state index contributed by atoms with van der Waals surface area (Å²) in [7, 11) is 0. The molecular formula is C33H35FN4O5. The SMILES string of the molecule is C.Cc1ccc(F)c(CC(=O)Cc2ccc(Oc3ccnc(-c4cc(C(=O)NCC(=O)N5CC[C@H](O)C5)c[nH]4)c3)cc2)c1. The number of amides is 2. The second kappa shape index (κ2) is 13.9. The van der Waals surface area contributed by atoms with Crippen LogP contribution in [0.15, 0.2) is 73.1 Å². The van der Waals surface area contributed by atoms with Crippen molar-refractivity contribution in [3.63, 3.8) is 0 Å². The van der Waals surface area contributed by atoms with Crippen molar-refractivity contribution in [2.45, 2.75) is 39.7 Å². The van der Waals surface area contributed by atoms with Gasteiger partial charge in [-0.25, -0.2) is 4.39 Å². The highest BCUT2D eigenvalue weighted by atomic mass is 19.1. The van der Waals surface area contributed by atoms with Gasteiger partial charge in [0.05, 0.1) is 29.6 Å². The number of aromatic amines is 1. The van der Waals surface area contributed by atoms with Crippen LogP contribution in [0, 0.1) is 12.7 Å². The van der Waals surface area contributed by atoms with Gasteiger partial charge >= 0.3 is 0 Å². The Morgan fingerprint density at radius 2 is 1.86 bits per heavy atom. The van der Waals surface area contributed by atoms with Gasteiger partial charge in [0.25, 0.3) is 5.91 Å². The van der Waals surface area contributed by atoms with Gasteiger partial charge < -0.3 is 25.0 Å². The zero-order valence-corrected chi connectivity index (χ0v) is 23.1. The number of aliphatic hydroxyl groups is 1. The molecule has 2 aromatic carbocycles. The van der Waals surface area contributed by atoms with E-state index in [9.17, 15) is 23.9 Å². The molecule has 0 unspecified atom stereocenters. The molecule has 4 aromatic rings. The molecule has 0 bridgehead atoms. The molecule has 0 aliphatic carbocycles. The Bertz CT molecular complexity index is 1600. The molecule has 0 saturated carbocycles. The maximum Gasteiger partial charge on any atom is 0.253 e. The lowest BCUT2D eigenvalue weighted by Gasteiger charge is -2.15. The van der Waals surface area contributed by atoms with Gasteiger partial charge in [-0.05, 0) is 54.8 Å². The molecule has 5 rings (SSSR count). The minimum Gasteiger partial charge on any atom is -0.457 e. The van der Waals surface area contributed by atoms with E-state index in [1.165, 1.54) is 17.2 Å². The average Bonchev–Trinajstić information content (AvgIpc) is 3.65. The highest BCUT2D eigenvalue weighted by Crippen LogP contribution is 2.26. The minimum absolute atomic E-state index is 0. The van der Waals surface area contributed by atoms with Crippen LogP contribution in [0.25, 0.3) is 11.4 Å². The van der Waals surface area contributed by atoms with E-state index >= 15 is 0 Å². The van der Waals surface area contributed by atoms with E-state index < -0.39 is 12.0 Å². The first-order valence-electron chi connectivity index (χ1n) is 13.7. The van der Waals surface area contributed by atoms with Crippen molar-refractivity contribution in [3.05, 3.63) is 101 Å². The van der Waals surface area contributed by atoms with Gasteiger partial charge in [-0.3, -0.25) is 19.4 Å². The third-order valence-corrected chi connectivity index (χ3v) is 7.02. The first-order chi connectivity index (χ1) is 20.2. The molecule has 1 aliphatic heterocycles. The van der Waals surface area contributed by atoms with Crippen molar-refractivity contribution in [2.24, 2.45) is 0 Å². The number of carbonyl (C=O) groups excluding carboxylic acids is 3. The van der Waals surface area contributed by atoms with Gasteiger partial charge in [-0.15, -0.1) is 0 Å². The third kappa shape index (κ3) is 8.14. The zero-order chi connectivity index (χ0) is 29.6. The molecule has 0 spiro atoms. The van der Waals surface area contributed by atoms with Crippen molar-refractivity contribution >= 4 is 17.6 Å². The number of aromatic nitrogens is 2. The fraction of sp³-hybridized carbons (Fsp3) is 0.273. The molecule has 3 N–H and O–H groups in total. The van der Waals surface area contributed by atoms with Gasteiger partial charge in [0.2, 0.25) is 5.91 Å². The molecule has 1 fully saturated rings. The number of Topliss-reactive ketones (excluding diaryl/α,β-unsaturated/α-hetero) is 1. The van der Waals surface area contributed by atoms with E-state index in [4.69, 9.17) is 4.74 Å². The number of nitrogens with one attached hydrogen (secondary N) is 2. The van der Waals surface area contributed by atoms with Crippen LogP contribution < -0.4 is 10.1 Å². The number of likely N-dealkylation sites (tertiary alicyclic amines) is 1. The number of β-amino-alcohol motifs (C(OH)–C–C–N with tert-alkyl or cyclic N) is 1. The van der Waals surface area contributed by atoms with Crippen molar-refractivity contribution in [3.8, 4) is 22.9 Å². The Kier molecular flexibility index (Phi) is 10.0. The minimum atomic E-state index is -0.512. The molecule has 2 amide bonds. The number of carbonyl (C=O) groups is 3. The second-order valence-electron chi connectivity index (χ2n) is 10.4. The highest BCUT2D eigenvalue weighted by molar-refractivity contribution is 5.97. The Morgan fingerprint density at radius 1 is 1.07 bits per heavy atom. The lowest BCUT2D eigenvalue weighted by molar-refractivity contribution is -0.129. The summed E-state index contributed by atoms with van der Waals surface area (Å²) in [6.45, 7) is 2.48. The van der Waals surface area contributed by atoms with Gasteiger partial charge in [0.15, 0.2) is 0 Å². The number of pyridine rings is 1. The summed E-state index contributed by atoms with van der Waals surface area (Å²) in [4.78, 5) is 46.2. The van der Waals surface area contributed by atoms with Crippen LogP contribution in [-0.4, -0.2) is 63.3 Å². The van der Waals surface area contributed by atoms with E-state index in [0.29, 0.717) is 47.0 Å². The maximum atomic E-state index is 14.0. The Balaban J connectivity index is 0.00000423. The number of benzene rings is 2. The number of ether oxygens (including phenoxy) is 1. The first-order valence-corrected chi connectivity index (χ1v) is 13.7. The smallest absolute Gasteiger partial charge is 0.253 e. The average molecular weight is 587 g/mol. The fourth-order valence-electron chi connectivity index (χ4n) is 4.79. The van der Waals surface area contributed by atoms with Crippen LogP contribution in [0.4, 0.5) is 4.39 Å². The molecule has 224 valence electrons. The molecule has 0 radical (unpaired) electrons. The number of aryl methyl sites for hydroxylation is 1. The molecule has 10 heteroatoms. The van der Waals surface area contributed by atoms with E-state index in [0.717, 1.165) is 11.1 Å². The van der Waals surface area contributed by atoms with E-state index in [1.807, 2.05) is 6.92 Å². The van der Waals surface area contributed by atoms with E-state index in [-0.39, 0.29) is 50.9 Å². The third-order valence-electron chi connectivity index (χ3n) is 7.02. The van der Waals surface area contributed by atoms with E-state index in [1.54, 1.807) is 60.8 Å². The number of hydrogen-bond donors (Lipinski definition) is 3. The Hall–Kier alpha value is -4.83. The van der Waals surface area contributed by atoms with Crippen LogP contribution in [0.1, 0.15) is 40.9 Å². The molecule has 2 aromatic heterocycles. The lowest BCUT2D eigenvalue weighted by atomic mass is 10.0. The second-order valence-corrected chi connectivity index (χ2v) is 10.4. The first kappa shape index (κ1) is 31.1. The monoisotopic (exact) mass is 586 g/mol. The highest BCUT2D eigenvalue weighted by Gasteiger charge is 2.24. The molecule has 1 aliphatic rings. The summed E-state index contributed by atoms with van der Waals surface area (Å²) >= 11 is 0. The number of halogens is 1. The number of hydrogen-bond acceptors (Lipinski definition) is 6. The summed E-state index contributed by atoms with van der Waals surface area (Å²) in [6, 6.07) is 16.9. The van der Waals surface area contributed by atoms with Crippen LogP contribution in [0.3, 0.4) is 0 Å². The summed E-state index contributed by atoms with van der Waals surface area (Å²) < 4.78 is 20.0. The summed E-state index contributed by atoms with van der Waals surface area (Å²) in [6.07, 6.45) is 3.38. The molecule has 9 nitrogen and oxygen atoms in total. The normalized spacial score (nSPS) is 14.2. The van der Waals surface area contributed by atoms with E-state index in [2.05, 4.69) is 15.3 Å². The quantitative estimate of drug-likeness (QED) is 0.249. The largest absolute Gasteiger partial charge is 0.457 e. The van der Waals surface area contributed by atoms with Gasteiger partial charge in [-0.1, -0.05) is 37.3 Å². The topological polar surface area (TPSA) is 125 Å². The number of H-pyrrole nitrogens is 1. The lowest BCUT2D eigenvalue weighted by Crippen LogP contribution is -2.39.